The Labute approximate surface area is 108 Å². The molecule has 5 heteroatoms. The fourth-order valence-electron chi connectivity index (χ4n) is 1.64. The number of carbonyl (C=O) groups is 1. The molecular formula is C13H9ClFNO2. The lowest BCUT2D eigenvalue weighted by molar-refractivity contribution is 0.0696. The fourth-order valence-corrected chi connectivity index (χ4v) is 1.86. The summed E-state index contributed by atoms with van der Waals surface area (Å²) in [5.41, 5.74) is 1.86. The van der Waals surface area contributed by atoms with Crippen LogP contribution in [0.1, 0.15) is 15.9 Å². The number of pyridine rings is 1. The molecule has 0 spiro atoms. The lowest BCUT2D eigenvalue weighted by Gasteiger charge is -2.07. The number of aryl methyl sites for hydroxylation is 1. The molecule has 0 saturated heterocycles. The highest BCUT2D eigenvalue weighted by atomic mass is 35.5. The molecule has 0 saturated carbocycles. The Morgan fingerprint density at radius 3 is 2.50 bits per heavy atom. The van der Waals surface area contributed by atoms with E-state index >= 15 is 0 Å². The molecule has 0 bridgehead atoms. The molecule has 18 heavy (non-hydrogen) atoms. The van der Waals surface area contributed by atoms with E-state index in [0.717, 1.165) is 0 Å². The van der Waals surface area contributed by atoms with Crippen LogP contribution in [0.25, 0.3) is 11.3 Å². The number of carboxylic acids is 1. The number of hydrogen-bond donors (Lipinski definition) is 1. The van der Waals surface area contributed by atoms with E-state index in [0.29, 0.717) is 16.8 Å². The minimum absolute atomic E-state index is 0.0416. The number of aromatic carboxylic acids is 1. The Morgan fingerprint density at radius 1 is 1.33 bits per heavy atom. The van der Waals surface area contributed by atoms with Gasteiger partial charge >= 0.3 is 5.97 Å². The second-order valence-electron chi connectivity index (χ2n) is 3.80. The maximum Gasteiger partial charge on any atom is 0.338 e. The molecule has 0 atom stereocenters. The third kappa shape index (κ3) is 2.33. The number of aromatic nitrogens is 1. The zero-order chi connectivity index (χ0) is 13.3. The SMILES string of the molecule is Cc1cc(C(=O)O)c(Cl)nc1-c1ccc(F)cc1. The summed E-state index contributed by atoms with van der Waals surface area (Å²) in [5, 5.41) is 8.84. The number of halogens is 2. The van der Waals surface area contributed by atoms with Gasteiger partial charge < -0.3 is 5.11 Å². The van der Waals surface area contributed by atoms with Crippen LogP contribution < -0.4 is 0 Å². The Balaban J connectivity index is 2.56. The predicted octanol–water partition coefficient (Wildman–Crippen LogP) is 3.55. The summed E-state index contributed by atoms with van der Waals surface area (Å²) in [7, 11) is 0. The molecule has 1 N–H and O–H groups in total. The summed E-state index contributed by atoms with van der Waals surface area (Å²) in [6.07, 6.45) is 0. The maximum absolute atomic E-state index is 12.8. The van der Waals surface area contributed by atoms with Crippen LogP contribution in [-0.2, 0) is 0 Å². The molecule has 0 amide bonds. The Hall–Kier alpha value is -1.94. The Kier molecular flexibility index (Phi) is 3.30. The average molecular weight is 266 g/mol. The van der Waals surface area contributed by atoms with Gasteiger partial charge in [0.1, 0.15) is 11.0 Å². The maximum atomic E-state index is 12.8. The normalized spacial score (nSPS) is 10.4. The van der Waals surface area contributed by atoms with E-state index in [1.807, 2.05) is 0 Å². The minimum Gasteiger partial charge on any atom is -0.478 e. The first-order valence-corrected chi connectivity index (χ1v) is 5.53. The van der Waals surface area contributed by atoms with Crippen molar-refractivity contribution in [1.82, 2.24) is 4.98 Å². The lowest BCUT2D eigenvalue weighted by atomic mass is 10.1. The number of carboxylic acid groups (broad SMARTS) is 1. The molecule has 0 unspecified atom stereocenters. The van der Waals surface area contributed by atoms with Gasteiger partial charge in [-0.3, -0.25) is 0 Å². The van der Waals surface area contributed by atoms with Crippen LogP contribution in [0.15, 0.2) is 30.3 Å². The molecule has 2 aromatic rings. The van der Waals surface area contributed by atoms with Crippen molar-refractivity contribution in [2.24, 2.45) is 0 Å². The van der Waals surface area contributed by atoms with Gasteiger partial charge in [0, 0.05) is 5.56 Å². The zero-order valence-corrected chi connectivity index (χ0v) is 10.2. The summed E-state index contributed by atoms with van der Waals surface area (Å²) >= 11 is 5.81. The first-order valence-electron chi connectivity index (χ1n) is 5.15. The van der Waals surface area contributed by atoms with Crippen LogP contribution >= 0.6 is 11.6 Å². The number of rotatable bonds is 2. The van der Waals surface area contributed by atoms with E-state index in [9.17, 15) is 9.18 Å². The molecule has 1 heterocycles. The molecule has 92 valence electrons. The van der Waals surface area contributed by atoms with Crippen molar-refractivity contribution in [3.05, 3.63) is 52.4 Å². The van der Waals surface area contributed by atoms with Gasteiger partial charge in [0.15, 0.2) is 0 Å². The van der Waals surface area contributed by atoms with Gasteiger partial charge in [0.2, 0.25) is 0 Å². The smallest absolute Gasteiger partial charge is 0.338 e. The van der Waals surface area contributed by atoms with Crippen LogP contribution in [-0.4, -0.2) is 16.1 Å². The van der Waals surface area contributed by atoms with Gasteiger partial charge in [-0.2, -0.15) is 0 Å². The summed E-state index contributed by atoms with van der Waals surface area (Å²) in [5.74, 6) is -1.47. The van der Waals surface area contributed by atoms with Crippen LogP contribution in [0.4, 0.5) is 4.39 Å². The fraction of sp³-hybridized carbons (Fsp3) is 0.0769. The van der Waals surface area contributed by atoms with E-state index in [2.05, 4.69) is 4.98 Å². The third-order valence-corrected chi connectivity index (χ3v) is 2.80. The second kappa shape index (κ2) is 4.74. The molecular weight excluding hydrogens is 257 g/mol. The molecule has 0 aliphatic rings. The molecule has 1 aromatic heterocycles. The van der Waals surface area contributed by atoms with Gasteiger partial charge in [-0.05, 0) is 42.8 Å². The van der Waals surface area contributed by atoms with Crippen LogP contribution in [0.5, 0.6) is 0 Å². The first-order chi connectivity index (χ1) is 8.49. The zero-order valence-electron chi connectivity index (χ0n) is 9.45. The van der Waals surface area contributed by atoms with E-state index in [1.165, 1.54) is 18.2 Å². The average Bonchev–Trinajstić information content (AvgIpc) is 2.32. The highest BCUT2D eigenvalue weighted by Gasteiger charge is 2.14. The van der Waals surface area contributed by atoms with E-state index < -0.39 is 5.97 Å². The van der Waals surface area contributed by atoms with Crippen molar-refractivity contribution in [2.45, 2.75) is 6.92 Å². The topological polar surface area (TPSA) is 50.2 Å². The van der Waals surface area contributed by atoms with Gasteiger partial charge in [0.05, 0.1) is 11.3 Å². The van der Waals surface area contributed by atoms with Crippen molar-refractivity contribution in [1.29, 1.82) is 0 Å². The lowest BCUT2D eigenvalue weighted by Crippen LogP contribution is -2.01. The van der Waals surface area contributed by atoms with Gasteiger partial charge in [-0.15, -0.1) is 0 Å². The monoisotopic (exact) mass is 265 g/mol. The van der Waals surface area contributed by atoms with Crippen molar-refractivity contribution in [3.8, 4) is 11.3 Å². The largest absolute Gasteiger partial charge is 0.478 e. The quantitative estimate of drug-likeness (QED) is 0.845. The number of benzene rings is 1. The molecule has 1 aromatic carbocycles. The van der Waals surface area contributed by atoms with Crippen LogP contribution in [0.2, 0.25) is 5.15 Å². The van der Waals surface area contributed by atoms with Crippen LogP contribution in [0.3, 0.4) is 0 Å². The molecule has 0 aliphatic carbocycles. The molecule has 0 fully saturated rings. The van der Waals surface area contributed by atoms with E-state index in [-0.39, 0.29) is 16.5 Å². The Morgan fingerprint density at radius 2 is 1.94 bits per heavy atom. The number of hydrogen-bond acceptors (Lipinski definition) is 2. The molecule has 0 radical (unpaired) electrons. The van der Waals surface area contributed by atoms with Crippen molar-refractivity contribution in [3.63, 3.8) is 0 Å². The van der Waals surface area contributed by atoms with E-state index in [1.54, 1.807) is 19.1 Å². The highest BCUT2D eigenvalue weighted by Crippen LogP contribution is 2.26. The summed E-state index contributed by atoms with van der Waals surface area (Å²) in [6.45, 7) is 1.73. The first kappa shape index (κ1) is 12.5. The van der Waals surface area contributed by atoms with E-state index in [4.69, 9.17) is 16.7 Å². The second-order valence-corrected chi connectivity index (χ2v) is 4.16. The Bertz CT molecular complexity index is 611. The third-order valence-electron chi connectivity index (χ3n) is 2.51. The van der Waals surface area contributed by atoms with Crippen molar-refractivity contribution < 1.29 is 14.3 Å². The van der Waals surface area contributed by atoms with Gasteiger partial charge in [-0.1, -0.05) is 11.6 Å². The van der Waals surface area contributed by atoms with Crippen LogP contribution in [0, 0.1) is 12.7 Å². The molecule has 3 nitrogen and oxygen atoms in total. The van der Waals surface area contributed by atoms with Gasteiger partial charge in [-0.25, -0.2) is 14.2 Å². The predicted molar refractivity (Wildman–Crippen MR) is 66.3 cm³/mol. The van der Waals surface area contributed by atoms with Crippen molar-refractivity contribution >= 4 is 17.6 Å². The minimum atomic E-state index is -1.12. The highest BCUT2D eigenvalue weighted by molar-refractivity contribution is 6.32. The van der Waals surface area contributed by atoms with Crippen molar-refractivity contribution in [2.75, 3.05) is 0 Å². The molecule has 0 aliphatic heterocycles. The summed E-state index contributed by atoms with van der Waals surface area (Å²) in [6, 6.07) is 7.23. The summed E-state index contributed by atoms with van der Waals surface area (Å²) < 4.78 is 12.8. The molecule has 2 rings (SSSR count). The standard InChI is InChI=1S/C13H9ClFNO2/c1-7-6-10(13(17)18)12(14)16-11(7)8-2-4-9(15)5-3-8/h2-6H,1H3,(H,17,18). The number of nitrogens with zero attached hydrogens (tertiary/aromatic N) is 1. The summed E-state index contributed by atoms with van der Waals surface area (Å²) in [4.78, 5) is 14.9. The van der Waals surface area contributed by atoms with Gasteiger partial charge in [0.25, 0.3) is 0 Å².